The molecule has 2 N–H and O–H groups in total. The standard InChI is InChI=1S/C12H15N3O/c1-13-6-8-15-9-7-14-12(15)10-2-4-11(16)5-3-10/h2-5,7,9,13,16H,6,8H2,1H3. The average molecular weight is 217 g/mol. The van der Waals surface area contributed by atoms with Crippen LogP contribution in [0.1, 0.15) is 0 Å². The number of nitrogens with one attached hydrogen (secondary N) is 1. The highest BCUT2D eigenvalue weighted by atomic mass is 16.3. The van der Waals surface area contributed by atoms with E-state index in [0.717, 1.165) is 24.5 Å². The number of rotatable bonds is 4. The Morgan fingerprint density at radius 3 is 2.75 bits per heavy atom. The van der Waals surface area contributed by atoms with Crippen LogP contribution in [0.2, 0.25) is 0 Å². The summed E-state index contributed by atoms with van der Waals surface area (Å²) < 4.78 is 2.09. The molecule has 0 spiro atoms. The Labute approximate surface area is 94.6 Å². The number of likely N-dealkylation sites (N-methyl/N-ethyl adjacent to an activating group) is 1. The first kappa shape index (κ1) is 10.7. The van der Waals surface area contributed by atoms with Gasteiger partial charge in [-0.2, -0.15) is 0 Å². The van der Waals surface area contributed by atoms with Gasteiger partial charge in [0.15, 0.2) is 0 Å². The fourth-order valence-corrected chi connectivity index (χ4v) is 1.59. The number of benzene rings is 1. The molecule has 16 heavy (non-hydrogen) atoms. The second-order valence-electron chi connectivity index (χ2n) is 3.59. The van der Waals surface area contributed by atoms with E-state index in [1.54, 1.807) is 18.3 Å². The molecule has 0 fully saturated rings. The van der Waals surface area contributed by atoms with E-state index >= 15 is 0 Å². The zero-order valence-corrected chi connectivity index (χ0v) is 9.22. The van der Waals surface area contributed by atoms with Gasteiger partial charge in [-0.1, -0.05) is 0 Å². The van der Waals surface area contributed by atoms with E-state index in [1.807, 2.05) is 25.4 Å². The van der Waals surface area contributed by atoms with Crippen LogP contribution in [0.4, 0.5) is 0 Å². The molecule has 2 aromatic rings. The molecule has 0 saturated heterocycles. The molecule has 0 radical (unpaired) electrons. The van der Waals surface area contributed by atoms with E-state index in [9.17, 15) is 5.11 Å². The molecule has 0 bridgehead atoms. The summed E-state index contributed by atoms with van der Waals surface area (Å²) in [4.78, 5) is 4.32. The lowest BCUT2D eigenvalue weighted by Gasteiger charge is -2.07. The van der Waals surface area contributed by atoms with Gasteiger partial charge in [-0.3, -0.25) is 0 Å². The van der Waals surface area contributed by atoms with Crippen LogP contribution in [-0.2, 0) is 6.54 Å². The van der Waals surface area contributed by atoms with Crippen molar-refractivity contribution in [1.29, 1.82) is 0 Å². The molecule has 0 aliphatic carbocycles. The number of hydrogen-bond acceptors (Lipinski definition) is 3. The van der Waals surface area contributed by atoms with Gasteiger partial charge in [0, 0.05) is 31.0 Å². The summed E-state index contributed by atoms with van der Waals surface area (Å²) in [6.07, 6.45) is 3.75. The Hall–Kier alpha value is -1.81. The van der Waals surface area contributed by atoms with Gasteiger partial charge < -0.3 is 15.0 Å². The van der Waals surface area contributed by atoms with Crippen molar-refractivity contribution >= 4 is 0 Å². The van der Waals surface area contributed by atoms with Gasteiger partial charge in [0.25, 0.3) is 0 Å². The van der Waals surface area contributed by atoms with Crippen LogP contribution in [0.5, 0.6) is 5.75 Å². The number of imidazole rings is 1. The summed E-state index contributed by atoms with van der Waals surface area (Å²) >= 11 is 0. The topological polar surface area (TPSA) is 50.1 Å². The van der Waals surface area contributed by atoms with Crippen molar-refractivity contribution in [3.8, 4) is 17.1 Å². The molecule has 0 amide bonds. The third kappa shape index (κ3) is 2.23. The molecule has 4 nitrogen and oxygen atoms in total. The molecular weight excluding hydrogens is 202 g/mol. The van der Waals surface area contributed by atoms with Gasteiger partial charge in [-0.05, 0) is 31.3 Å². The Kier molecular flexibility index (Phi) is 3.22. The van der Waals surface area contributed by atoms with Crippen molar-refractivity contribution < 1.29 is 5.11 Å². The maximum Gasteiger partial charge on any atom is 0.139 e. The normalized spacial score (nSPS) is 10.6. The fraction of sp³-hybridized carbons (Fsp3) is 0.250. The molecule has 1 heterocycles. The first-order chi connectivity index (χ1) is 7.81. The van der Waals surface area contributed by atoms with Crippen LogP contribution < -0.4 is 5.32 Å². The highest BCUT2D eigenvalue weighted by Crippen LogP contribution is 2.20. The minimum atomic E-state index is 0.275. The molecule has 2 rings (SSSR count). The Bertz CT molecular complexity index is 448. The Morgan fingerprint density at radius 2 is 2.06 bits per heavy atom. The number of nitrogens with zero attached hydrogens (tertiary/aromatic N) is 2. The van der Waals surface area contributed by atoms with Gasteiger partial charge in [-0.25, -0.2) is 4.98 Å². The van der Waals surface area contributed by atoms with Gasteiger partial charge in [0.2, 0.25) is 0 Å². The van der Waals surface area contributed by atoms with Crippen LogP contribution in [0.15, 0.2) is 36.7 Å². The lowest BCUT2D eigenvalue weighted by Crippen LogP contribution is -2.15. The first-order valence-corrected chi connectivity index (χ1v) is 5.26. The van der Waals surface area contributed by atoms with Crippen molar-refractivity contribution in [3.05, 3.63) is 36.7 Å². The molecular formula is C12H15N3O. The number of hydrogen-bond donors (Lipinski definition) is 2. The largest absolute Gasteiger partial charge is 0.508 e. The third-order valence-corrected chi connectivity index (χ3v) is 2.44. The van der Waals surface area contributed by atoms with E-state index in [4.69, 9.17) is 0 Å². The summed E-state index contributed by atoms with van der Waals surface area (Å²) in [5, 5.41) is 12.3. The van der Waals surface area contributed by atoms with Crippen LogP contribution in [0, 0.1) is 0 Å². The zero-order chi connectivity index (χ0) is 11.4. The Morgan fingerprint density at radius 1 is 1.31 bits per heavy atom. The minimum Gasteiger partial charge on any atom is -0.508 e. The second kappa shape index (κ2) is 4.81. The summed E-state index contributed by atoms with van der Waals surface area (Å²) in [5.41, 5.74) is 1.01. The minimum absolute atomic E-state index is 0.275. The molecule has 0 unspecified atom stereocenters. The molecule has 1 aromatic heterocycles. The number of aromatic nitrogens is 2. The van der Waals surface area contributed by atoms with Crippen molar-refractivity contribution in [3.63, 3.8) is 0 Å². The van der Waals surface area contributed by atoms with E-state index in [0.29, 0.717) is 0 Å². The lowest BCUT2D eigenvalue weighted by atomic mass is 10.2. The van der Waals surface area contributed by atoms with Crippen LogP contribution in [-0.4, -0.2) is 28.3 Å². The summed E-state index contributed by atoms with van der Waals surface area (Å²) in [5.74, 6) is 1.20. The summed E-state index contributed by atoms with van der Waals surface area (Å²) in [6, 6.07) is 7.08. The third-order valence-electron chi connectivity index (χ3n) is 2.44. The summed E-state index contributed by atoms with van der Waals surface area (Å²) in [7, 11) is 1.93. The zero-order valence-electron chi connectivity index (χ0n) is 9.22. The highest BCUT2D eigenvalue weighted by molar-refractivity contribution is 5.56. The fourth-order valence-electron chi connectivity index (χ4n) is 1.59. The Balaban J connectivity index is 2.26. The average Bonchev–Trinajstić information content (AvgIpc) is 2.75. The number of phenolic OH excluding ortho intramolecular Hbond substituents is 1. The first-order valence-electron chi connectivity index (χ1n) is 5.26. The smallest absolute Gasteiger partial charge is 0.139 e. The van der Waals surface area contributed by atoms with Crippen LogP contribution >= 0.6 is 0 Å². The molecule has 84 valence electrons. The molecule has 0 atom stereocenters. The van der Waals surface area contributed by atoms with Crippen LogP contribution in [0.25, 0.3) is 11.4 Å². The SMILES string of the molecule is CNCCn1ccnc1-c1ccc(O)cc1. The lowest BCUT2D eigenvalue weighted by molar-refractivity contribution is 0.475. The van der Waals surface area contributed by atoms with Gasteiger partial charge >= 0.3 is 0 Å². The second-order valence-corrected chi connectivity index (χ2v) is 3.59. The van der Waals surface area contributed by atoms with Crippen LogP contribution in [0.3, 0.4) is 0 Å². The van der Waals surface area contributed by atoms with Crippen molar-refractivity contribution in [1.82, 2.24) is 14.9 Å². The maximum absolute atomic E-state index is 9.23. The number of phenols is 1. The van der Waals surface area contributed by atoms with E-state index in [1.165, 1.54) is 0 Å². The van der Waals surface area contributed by atoms with E-state index in [-0.39, 0.29) is 5.75 Å². The summed E-state index contributed by atoms with van der Waals surface area (Å²) in [6.45, 7) is 1.79. The van der Waals surface area contributed by atoms with Gasteiger partial charge in [-0.15, -0.1) is 0 Å². The van der Waals surface area contributed by atoms with Crippen molar-refractivity contribution in [2.45, 2.75) is 6.54 Å². The molecule has 1 aromatic carbocycles. The van der Waals surface area contributed by atoms with Gasteiger partial charge in [0.1, 0.15) is 11.6 Å². The monoisotopic (exact) mass is 217 g/mol. The van der Waals surface area contributed by atoms with E-state index < -0.39 is 0 Å². The van der Waals surface area contributed by atoms with E-state index in [2.05, 4.69) is 14.9 Å². The predicted octanol–water partition coefficient (Wildman–Crippen LogP) is 1.48. The van der Waals surface area contributed by atoms with Gasteiger partial charge in [0.05, 0.1) is 0 Å². The van der Waals surface area contributed by atoms with Crippen molar-refractivity contribution in [2.75, 3.05) is 13.6 Å². The van der Waals surface area contributed by atoms with Crippen molar-refractivity contribution in [2.24, 2.45) is 0 Å². The predicted molar refractivity (Wildman–Crippen MR) is 63.3 cm³/mol. The molecule has 0 aliphatic heterocycles. The quantitative estimate of drug-likeness (QED) is 0.815. The molecule has 0 aliphatic rings. The number of aromatic hydroxyl groups is 1. The highest BCUT2D eigenvalue weighted by Gasteiger charge is 2.04. The maximum atomic E-state index is 9.23. The molecule has 0 saturated carbocycles. The molecule has 4 heteroatoms.